The standard InChI is InChI=1S/C49H84N12O13S/c1-5-29(2)40(48(72)59-37(49(73)74)27-31-15-7-6-8-16-31)61-46(70)34(19-11-14-25-52)57-44(68)35(20-21-39(63)64)58-47(71)38(28-62)60-41(65)30(3)54-43(67)33(18-10-13-24-51)56-45(69)36(22-26-75-4)55-42(66)32(53)17-9-12-23-50/h6-8,15-16,29-30,32-38,40,62H,5,9-14,17-28,50-53H2,1-4H3,(H,54,67)(H,55,66)(H,56,69)(H,57,68)(H,58,71)(H,59,72)(H,60,65)(H,61,70)(H,63,64)(H,73,74)/t29-,30-,32-,33-,34-,35-,36-,37-,38-,40-/m0/s1. The van der Waals surface area contributed by atoms with Crippen LogP contribution in [0.1, 0.15) is 110 Å². The van der Waals surface area contributed by atoms with E-state index in [9.17, 15) is 63.3 Å². The minimum Gasteiger partial charge on any atom is -0.481 e. The van der Waals surface area contributed by atoms with Crippen LogP contribution in [-0.2, 0) is 54.4 Å². The number of unbranched alkanes of at least 4 members (excludes halogenated alkanes) is 3. The summed E-state index contributed by atoms with van der Waals surface area (Å²) >= 11 is 1.44. The topological polar surface area (TPSA) is 432 Å². The van der Waals surface area contributed by atoms with Gasteiger partial charge in [-0.25, -0.2) is 4.79 Å². The number of carboxylic acid groups (broad SMARTS) is 2. The number of nitrogens with two attached hydrogens (primary N) is 4. The number of thioether (sulfide) groups is 1. The molecule has 0 aliphatic heterocycles. The number of benzene rings is 1. The SMILES string of the molecule is CC[C@H](C)[C@H](NC(=O)[C@H](CCCCN)NC(=O)[C@H](CCC(=O)O)NC(=O)[C@H](CO)NC(=O)[C@H](C)NC(=O)[C@H](CCCCN)NC(=O)[C@H](CCSC)NC(=O)[C@@H](N)CCCCN)C(=O)N[C@@H](Cc1ccccc1)C(=O)O. The molecule has 1 aromatic carbocycles. The molecule has 26 heteroatoms. The van der Waals surface area contributed by atoms with Gasteiger partial charge >= 0.3 is 11.9 Å². The van der Waals surface area contributed by atoms with Crippen molar-refractivity contribution >= 4 is 71.0 Å². The Balaban J connectivity index is 3.27. The van der Waals surface area contributed by atoms with Gasteiger partial charge in [0.15, 0.2) is 0 Å². The van der Waals surface area contributed by atoms with Gasteiger partial charge in [-0.2, -0.15) is 11.8 Å². The van der Waals surface area contributed by atoms with Crippen LogP contribution in [-0.4, -0.2) is 167 Å². The highest BCUT2D eigenvalue weighted by Gasteiger charge is 2.35. The van der Waals surface area contributed by atoms with Crippen molar-refractivity contribution in [3.63, 3.8) is 0 Å². The first-order valence-corrected chi connectivity index (χ1v) is 26.9. The number of aliphatic carboxylic acids is 2. The highest BCUT2D eigenvalue weighted by Crippen LogP contribution is 2.13. The van der Waals surface area contributed by atoms with Crippen molar-refractivity contribution in [2.24, 2.45) is 28.9 Å². The molecule has 0 heterocycles. The minimum absolute atomic E-state index is 0.0225. The Hall–Kier alpha value is -5.93. The summed E-state index contributed by atoms with van der Waals surface area (Å²) in [4.78, 5) is 133. The molecule has 8 amide bonds. The van der Waals surface area contributed by atoms with Crippen LogP contribution in [0.25, 0.3) is 0 Å². The number of aliphatic hydroxyl groups is 1. The Labute approximate surface area is 443 Å². The number of amides is 8. The van der Waals surface area contributed by atoms with Crippen LogP contribution in [0.3, 0.4) is 0 Å². The number of aliphatic hydroxyl groups excluding tert-OH is 1. The second-order valence-electron chi connectivity index (χ2n) is 18.4. The van der Waals surface area contributed by atoms with Gasteiger partial charge in [-0.05, 0) is 114 Å². The molecule has 1 rings (SSSR count). The largest absolute Gasteiger partial charge is 0.481 e. The zero-order chi connectivity index (χ0) is 56.5. The van der Waals surface area contributed by atoms with Gasteiger partial charge in [0, 0.05) is 12.8 Å². The van der Waals surface area contributed by atoms with Gasteiger partial charge in [-0.15, -0.1) is 0 Å². The maximum Gasteiger partial charge on any atom is 0.326 e. The number of carboxylic acids is 2. The summed E-state index contributed by atoms with van der Waals surface area (Å²) in [6.45, 7) is 4.62. The third-order valence-corrected chi connectivity index (χ3v) is 12.9. The minimum atomic E-state index is -1.76. The fourth-order valence-electron chi connectivity index (χ4n) is 7.44. The van der Waals surface area contributed by atoms with Crippen molar-refractivity contribution in [3.05, 3.63) is 35.9 Å². The zero-order valence-corrected chi connectivity index (χ0v) is 44.6. The Morgan fingerprint density at radius 1 is 0.533 bits per heavy atom. The van der Waals surface area contributed by atoms with Crippen molar-refractivity contribution in [1.29, 1.82) is 0 Å². The van der Waals surface area contributed by atoms with E-state index >= 15 is 0 Å². The van der Waals surface area contributed by atoms with E-state index in [2.05, 4.69) is 42.5 Å². The maximum absolute atomic E-state index is 14.0. The van der Waals surface area contributed by atoms with Crippen molar-refractivity contribution in [2.45, 2.75) is 165 Å². The molecule has 0 fully saturated rings. The van der Waals surface area contributed by atoms with Gasteiger partial charge in [0.05, 0.1) is 12.6 Å². The summed E-state index contributed by atoms with van der Waals surface area (Å²) in [5, 5.41) is 49.8. The highest BCUT2D eigenvalue weighted by atomic mass is 32.2. The highest BCUT2D eigenvalue weighted by molar-refractivity contribution is 7.98. The first kappa shape index (κ1) is 67.1. The molecule has 0 saturated carbocycles. The molecule has 1 aromatic rings. The summed E-state index contributed by atoms with van der Waals surface area (Å²) in [5.74, 6) is -9.47. The van der Waals surface area contributed by atoms with Gasteiger partial charge in [0.25, 0.3) is 0 Å². The normalized spacial score (nSPS) is 15.1. The van der Waals surface area contributed by atoms with E-state index in [0.717, 1.165) is 0 Å². The first-order chi connectivity index (χ1) is 35.7. The number of carbonyl (C=O) groups is 10. The van der Waals surface area contributed by atoms with Crippen LogP contribution in [0.5, 0.6) is 0 Å². The average Bonchev–Trinajstić information content (AvgIpc) is 3.38. The summed E-state index contributed by atoms with van der Waals surface area (Å²) in [6.07, 6.45) is 4.49. The van der Waals surface area contributed by atoms with Crippen molar-refractivity contribution < 1.29 is 63.3 Å². The van der Waals surface area contributed by atoms with Crippen molar-refractivity contribution in [3.8, 4) is 0 Å². The molecule has 10 atom stereocenters. The van der Waals surface area contributed by atoms with E-state index in [1.165, 1.54) is 18.7 Å². The average molecular weight is 1080 g/mol. The summed E-state index contributed by atoms with van der Waals surface area (Å²) in [6, 6.07) is -3.32. The van der Waals surface area contributed by atoms with Crippen LogP contribution >= 0.6 is 11.8 Å². The summed E-state index contributed by atoms with van der Waals surface area (Å²) in [7, 11) is 0. The number of carbonyl (C=O) groups excluding carboxylic acids is 8. The smallest absolute Gasteiger partial charge is 0.326 e. The molecular weight excluding hydrogens is 997 g/mol. The number of rotatable bonds is 40. The molecule has 19 N–H and O–H groups in total. The Kier molecular flexibility index (Phi) is 33.8. The summed E-state index contributed by atoms with van der Waals surface area (Å²) in [5.41, 5.74) is 23.6. The van der Waals surface area contributed by atoms with Gasteiger partial charge in [0.1, 0.15) is 48.3 Å². The van der Waals surface area contributed by atoms with Crippen LogP contribution in [0.4, 0.5) is 0 Å². The van der Waals surface area contributed by atoms with Crippen LogP contribution in [0.15, 0.2) is 30.3 Å². The van der Waals surface area contributed by atoms with E-state index in [4.69, 9.17) is 22.9 Å². The van der Waals surface area contributed by atoms with E-state index in [1.54, 1.807) is 44.2 Å². The number of hydrogen-bond acceptors (Lipinski definition) is 16. The van der Waals surface area contributed by atoms with Crippen molar-refractivity contribution in [1.82, 2.24) is 42.5 Å². The predicted molar refractivity (Wildman–Crippen MR) is 282 cm³/mol. The molecule has 0 unspecified atom stereocenters. The second kappa shape index (κ2) is 37.7. The first-order valence-electron chi connectivity index (χ1n) is 25.5. The molecule has 0 aliphatic rings. The maximum atomic E-state index is 14.0. The lowest BCUT2D eigenvalue weighted by molar-refractivity contribution is -0.142. The van der Waals surface area contributed by atoms with Gasteiger partial charge in [0.2, 0.25) is 47.3 Å². The van der Waals surface area contributed by atoms with E-state index in [0.29, 0.717) is 69.2 Å². The molecule has 0 aromatic heterocycles. The van der Waals surface area contributed by atoms with Crippen LogP contribution in [0.2, 0.25) is 0 Å². The molecule has 25 nitrogen and oxygen atoms in total. The van der Waals surface area contributed by atoms with Crippen molar-refractivity contribution in [2.75, 3.05) is 38.2 Å². The number of hydrogen-bond donors (Lipinski definition) is 15. The van der Waals surface area contributed by atoms with E-state index in [-0.39, 0.29) is 38.8 Å². The molecule has 0 aliphatic carbocycles. The van der Waals surface area contributed by atoms with E-state index < -0.39 is 139 Å². The molecule has 424 valence electrons. The molecule has 75 heavy (non-hydrogen) atoms. The molecule has 0 radical (unpaired) electrons. The van der Waals surface area contributed by atoms with Gasteiger partial charge in [-0.3, -0.25) is 43.2 Å². The van der Waals surface area contributed by atoms with Crippen LogP contribution in [0, 0.1) is 5.92 Å². The predicted octanol–water partition coefficient (Wildman–Crippen LogP) is -2.42. The zero-order valence-electron chi connectivity index (χ0n) is 43.7. The molecule has 0 spiro atoms. The monoisotopic (exact) mass is 1080 g/mol. The summed E-state index contributed by atoms with van der Waals surface area (Å²) < 4.78 is 0. The van der Waals surface area contributed by atoms with Crippen LogP contribution < -0.4 is 65.5 Å². The Bertz CT molecular complexity index is 1970. The fourth-order valence-corrected chi connectivity index (χ4v) is 7.91. The van der Waals surface area contributed by atoms with Gasteiger partial charge < -0.3 is 80.8 Å². The second-order valence-corrected chi connectivity index (χ2v) is 19.3. The Morgan fingerprint density at radius 2 is 0.973 bits per heavy atom. The third kappa shape index (κ3) is 26.4. The molecule has 0 saturated heterocycles. The van der Waals surface area contributed by atoms with E-state index in [1.807, 2.05) is 6.26 Å². The van der Waals surface area contributed by atoms with Gasteiger partial charge in [-0.1, -0.05) is 57.0 Å². The third-order valence-electron chi connectivity index (χ3n) is 12.2. The number of nitrogens with one attached hydrogen (secondary N) is 8. The fraction of sp³-hybridized carbons (Fsp3) is 0.673. The lowest BCUT2D eigenvalue weighted by Gasteiger charge is -2.29. The molecule has 0 bridgehead atoms. The quantitative estimate of drug-likeness (QED) is 0.0304. The molecular formula is C49H84N12O13S. The lowest BCUT2D eigenvalue weighted by atomic mass is 9.96. The Morgan fingerprint density at radius 3 is 1.45 bits per heavy atom. The lowest BCUT2D eigenvalue weighted by Crippen LogP contribution is -2.61.